The van der Waals surface area contributed by atoms with Gasteiger partial charge in [-0.15, -0.1) is 0 Å². The SMILES string of the molecule is Cc1ccc(Sc2ncnc(NNC(=O)c3ccc(Br)cc3)c2[N+](=O)[O-])cc1. The molecular weight excluding hydrogens is 446 g/mol. The third-order valence-electron chi connectivity index (χ3n) is 3.61. The van der Waals surface area contributed by atoms with Gasteiger partial charge in [-0.05, 0) is 43.3 Å². The molecule has 2 N–H and O–H groups in total. The molecule has 3 aromatic rings. The quantitative estimate of drug-likeness (QED) is 0.320. The Hall–Kier alpha value is -2.98. The molecule has 28 heavy (non-hydrogen) atoms. The summed E-state index contributed by atoms with van der Waals surface area (Å²) < 4.78 is 0.834. The Morgan fingerprint density at radius 3 is 2.43 bits per heavy atom. The molecule has 8 nitrogen and oxygen atoms in total. The van der Waals surface area contributed by atoms with Crippen LogP contribution in [0, 0.1) is 17.0 Å². The fourth-order valence-corrected chi connectivity index (χ4v) is 3.33. The van der Waals surface area contributed by atoms with E-state index in [9.17, 15) is 14.9 Å². The van der Waals surface area contributed by atoms with Crippen molar-refractivity contribution in [2.75, 3.05) is 5.43 Å². The number of nitro groups is 1. The zero-order chi connectivity index (χ0) is 20.1. The van der Waals surface area contributed by atoms with Crippen LogP contribution in [0.3, 0.4) is 0 Å². The van der Waals surface area contributed by atoms with E-state index in [1.54, 1.807) is 24.3 Å². The van der Waals surface area contributed by atoms with Gasteiger partial charge in [0, 0.05) is 14.9 Å². The van der Waals surface area contributed by atoms with E-state index in [-0.39, 0.29) is 16.5 Å². The number of nitrogens with zero attached hydrogens (tertiary/aromatic N) is 3. The molecule has 1 amide bonds. The topological polar surface area (TPSA) is 110 Å². The van der Waals surface area contributed by atoms with E-state index in [0.29, 0.717) is 5.56 Å². The number of nitrogens with one attached hydrogen (secondary N) is 2. The lowest BCUT2D eigenvalue weighted by atomic mass is 10.2. The highest BCUT2D eigenvalue weighted by atomic mass is 79.9. The van der Waals surface area contributed by atoms with Gasteiger partial charge in [0.2, 0.25) is 5.82 Å². The number of aromatic nitrogens is 2. The molecule has 10 heteroatoms. The smallest absolute Gasteiger partial charge is 0.276 e. The fourth-order valence-electron chi connectivity index (χ4n) is 2.20. The average Bonchev–Trinajstić information content (AvgIpc) is 2.68. The first-order valence-electron chi connectivity index (χ1n) is 8.00. The van der Waals surface area contributed by atoms with Crippen molar-refractivity contribution in [2.45, 2.75) is 16.8 Å². The van der Waals surface area contributed by atoms with Gasteiger partial charge in [-0.1, -0.05) is 45.4 Å². The maximum atomic E-state index is 12.2. The number of rotatable bonds is 6. The molecular formula is C18H14BrN5O3S. The summed E-state index contributed by atoms with van der Waals surface area (Å²) in [6.45, 7) is 1.96. The Morgan fingerprint density at radius 2 is 1.79 bits per heavy atom. The summed E-state index contributed by atoms with van der Waals surface area (Å²) in [6.07, 6.45) is 1.21. The second-order valence-electron chi connectivity index (χ2n) is 5.63. The van der Waals surface area contributed by atoms with E-state index in [2.05, 4.69) is 36.7 Å². The lowest BCUT2D eigenvalue weighted by Crippen LogP contribution is -2.30. The number of benzene rings is 2. The van der Waals surface area contributed by atoms with Crippen molar-refractivity contribution in [3.8, 4) is 0 Å². The van der Waals surface area contributed by atoms with Gasteiger partial charge in [-0.25, -0.2) is 9.97 Å². The first-order chi connectivity index (χ1) is 13.4. The number of aryl methyl sites for hydroxylation is 1. The van der Waals surface area contributed by atoms with Gasteiger partial charge in [-0.2, -0.15) is 0 Å². The van der Waals surface area contributed by atoms with Gasteiger partial charge in [0.05, 0.1) is 4.92 Å². The molecule has 0 aliphatic heterocycles. The molecule has 0 saturated carbocycles. The Labute approximate surface area is 173 Å². The number of hydrazine groups is 1. The predicted molar refractivity (Wildman–Crippen MR) is 109 cm³/mol. The van der Waals surface area contributed by atoms with Crippen molar-refractivity contribution in [3.63, 3.8) is 0 Å². The molecule has 2 aromatic carbocycles. The highest BCUT2D eigenvalue weighted by Crippen LogP contribution is 2.36. The van der Waals surface area contributed by atoms with Crippen LogP contribution in [-0.4, -0.2) is 20.8 Å². The number of carbonyl (C=O) groups is 1. The maximum Gasteiger partial charge on any atom is 0.345 e. The first kappa shape index (κ1) is 19.8. The van der Waals surface area contributed by atoms with E-state index in [4.69, 9.17) is 0 Å². The number of hydrogen-bond acceptors (Lipinski definition) is 7. The van der Waals surface area contributed by atoms with Crippen molar-refractivity contribution in [1.29, 1.82) is 0 Å². The lowest BCUT2D eigenvalue weighted by molar-refractivity contribution is -0.387. The van der Waals surface area contributed by atoms with Gasteiger partial charge in [0.25, 0.3) is 5.91 Å². The molecule has 142 valence electrons. The predicted octanol–water partition coefficient (Wildman–Crippen LogP) is 4.36. The lowest BCUT2D eigenvalue weighted by Gasteiger charge is -2.10. The van der Waals surface area contributed by atoms with Crippen LogP contribution in [-0.2, 0) is 0 Å². The van der Waals surface area contributed by atoms with E-state index in [1.165, 1.54) is 6.33 Å². The standard InChI is InChI=1S/C18H14BrN5O3S/c1-11-2-8-14(9-3-11)28-18-15(24(26)27)16(20-10-21-18)22-23-17(25)12-4-6-13(19)7-5-12/h2-10H,1H3,(H,23,25)(H,20,21,22). The van der Waals surface area contributed by atoms with Crippen LogP contribution < -0.4 is 10.9 Å². The molecule has 1 aromatic heterocycles. The minimum Gasteiger partial charge on any atom is -0.276 e. The molecule has 0 aliphatic carbocycles. The Kier molecular flexibility index (Phi) is 6.22. The van der Waals surface area contributed by atoms with E-state index < -0.39 is 10.8 Å². The second kappa shape index (κ2) is 8.81. The Bertz CT molecular complexity index is 1010. The van der Waals surface area contributed by atoms with Crippen LogP contribution in [0.2, 0.25) is 0 Å². The van der Waals surface area contributed by atoms with Gasteiger partial charge >= 0.3 is 5.69 Å². The van der Waals surface area contributed by atoms with Gasteiger partial charge < -0.3 is 0 Å². The highest BCUT2D eigenvalue weighted by molar-refractivity contribution is 9.10. The van der Waals surface area contributed by atoms with Crippen LogP contribution in [0.5, 0.6) is 0 Å². The average molecular weight is 460 g/mol. The normalized spacial score (nSPS) is 10.4. The second-order valence-corrected chi connectivity index (χ2v) is 7.61. The number of carbonyl (C=O) groups excluding carboxylic acids is 1. The molecule has 3 rings (SSSR count). The third kappa shape index (κ3) is 4.84. The van der Waals surface area contributed by atoms with E-state index >= 15 is 0 Å². The minimum atomic E-state index is -0.579. The summed E-state index contributed by atoms with van der Waals surface area (Å²) in [5.41, 5.74) is 6.10. The zero-order valence-electron chi connectivity index (χ0n) is 14.5. The molecule has 0 aliphatic rings. The summed E-state index contributed by atoms with van der Waals surface area (Å²) in [4.78, 5) is 32.0. The van der Waals surface area contributed by atoms with Crippen molar-refractivity contribution in [3.05, 3.63) is 80.6 Å². The van der Waals surface area contributed by atoms with Gasteiger partial charge in [-0.3, -0.25) is 25.8 Å². The monoisotopic (exact) mass is 459 g/mol. The van der Waals surface area contributed by atoms with E-state index in [0.717, 1.165) is 26.7 Å². The Morgan fingerprint density at radius 1 is 1.11 bits per heavy atom. The highest BCUT2D eigenvalue weighted by Gasteiger charge is 2.24. The third-order valence-corrected chi connectivity index (χ3v) is 5.14. The van der Waals surface area contributed by atoms with Crippen LogP contribution in [0.25, 0.3) is 0 Å². The summed E-state index contributed by atoms with van der Waals surface area (Å²) >= 11 is 4.44. The molecule has 0 radical (unpaired) electrons. The molecule has 0 fully saturated rings. The summed E-state index contributed by atoms with van der Waals surface area (Å²) in [7, 11) is 0. The Balaban J connectivity index is 1.80. The number of anilines is 1. The van der Waals surface area contributed by atoms with Crippen LogP contribution in [0.1, 0.15) is 15.9 Å². The molecule has 1 heterocycles. The fraction of sp³-hybridized carbons (Fsp3) is 0.0556. The minimum absolute atomic E-state index is 0.0972. The largest absolute Gasteiger partial charge is 0.345 e. The summed E-state index contributed by atoms with van der Waals surface area (Å²) in [5.74, 6) is -0.548. The molecule has 0 saturated heterocycles. The van der Waals surface area contributed by atoms with Crippen LogP contribution in [0.15, 0.2) is 69.3 Å². The first-order valence-corrected chi connectivity index (χ1v) is 9.61. The van der Waals surface area contributed by atoms with E-state index in [1.807, 2.05) is 31.2 Å². The zero-order valence-corrected chi connectivity index (χ0v) is 17.0. The van der Waals surface area contributed by atoms with Crippen LogP contribution in [0.4, 0.5) is 11.5 Å². The number of hydrogen-bond donors (Lipinski definition) is 2. The van der Waals surface area contributed by atoms with Crippen molar-refractivity contribution < 1.29 is 9.72 Å². The van der Waals surface area contributed by atoms with Crippen molar-refractivity contribution >= 4 is 45.1 Å². The van der Waals surface area contributed by atoms with Crippen molar-refractivity contribution in [2.24, 2.45) is 0 Å². The van der Waals surface area contributed by atoms with Crippen molar-refractivity contribution in [1.82, 2.24) is 15.4 Å². The van der Waals surface area contributed by atoms with Gasteiger partial charge in [0.15, 0.2) is 5.03 Å². The number of amides is 1. The van der Waals surface area contributed by atoms with Crippen LogP contribution >= 0.6 is 27.7 Å². The molecule has 0 bridgehead atoms. The molecule has 0 unspecified atom stereocenters. The van der Waals surface area contributed by atoms with Gasteiger partial charge in [0.1, 0.15) is 6.33 Å². The summed E-state index contributed by atoms with van der Waals surface area (Å²) in [5, 5.41) is 11.8. The molecule has 0 spiro atoms. The summed E-state index contributed by atoms with van der Waals surface area (Å²) in [6, 6.07) is 14.2. The molecule has 0 atom stereocenters. The maximum absolute atomic E-state index is 12.2. The number of halogens is 1.